The molecule has 0 amide bonds. The van der Waals surface area contributed by atoms with Crippen molar-refractivity contribution in [2.75, 3.05) is 19.8 Å². The summed E-state index contributed by atoms with van der Waals surface area (Å²) in [5, 5.41) is 0. The molecule has 56 heavy (non-hydrogen) atoms. The molecule has 0 heterocycles. The third-order valence-corrected chi connectivity index (χ3v) is 9.12. The van der Waals surface area contributed by atoms with Crippen LogP contribution in [0.5, 0.6) is 0 Å². The third-order valence-electron chi connectivity index (χ3n) is 9.12. The number of ether oxygens (including phenoxy) is 3. The van der Waals surface area contributed by atoms with E-state index in [1.807, 2.05) is 0 Å². The Hall–Kier alpha value is -3.18. The first-order chi connectivity index (χ1) is 27.6. The lowest BCUT2D eigenvalue weighted by Gasteiger charge is -2.18. The molecule has 0 aliphatic carbocycles. The highest BCUT2D eigenvalue weighted by atomic mass is 16.6. The van der Waals surface area contributed by atoms with E-state index in [0.717, 1.165) is 109 Å². The summed E-state index contributed by atoms with van der Waals surface area (Å²) in [7, 11) is 0. The van der Waals surface area contributed by atoms with Gasteiger partial charge in [-0.3, -0.25) is 9.59 Å². The Labute approximate surface area is 345 Å². The van der Waals surface area contributed by atoms with E-state index in [0.29, 0.717) is 19.4 Å². The monoisotopic (exact) mass is 777 g/mol. The van der Waals surface area contributed by atoms with Gasteiger partial charge in [0.15, 0.2) is 6.10 Å². The number of hydrogen-bond donors (Lipinski definition) is 0. The lowest BCUT2D eigenvalue weighted by Crippen LogP contribution is -2.30. The molecule has 318 valence electrons. The van der Waals surface area contributed by atoms with E-state index in [1.165, 1.54) is 44.9 Å². The van der Waals surface area contributed by atoms with E-state index in [9.17, 15) is 9.59 Å². The molecule has 0 rings (SSSR count). The van der Waals surface area contributed by atoms with Crippen LogP contribution in [0.15, 0.2) is 97.2 Å². The van der Waals surface area contributed by atoms with E-state index in [-0.39, 0.29) is 25.2 Å². The number of allylic oxidation sites excluding steroid dienone is 16. The highest BCUT2D eigenvalue weighted by Crippen LogP contribution is 2.11. The smallest absolute Gasteiger partial charge is 0.306 e. The molecule has 0 aliphatic rings. The molecule has 0 saturated heterocycles. The first-order valence-electron chi connectivity index (χ1n) is 22.8. The van der Waals surface area contributed by atoms with Gasteiger partial charge in [0.25, 0.3) is 0 Å². The molecular weight excluding hydrogens is 693 g/mol. The maximum Gasteiger partial charge on any atom is 0.306 e. The van der Waals surface area contributed by atoms with Crippen molar-refractivity contribution in [1.82, 2.24) is 0 Å². The molecule has 1 atom stereocenters. The quantitative estimate of drug-likeness (QED) is 0.0352. The lowest BCUT2D eigenvalue weighted by atomic mass is 10.1. The molecule has 0 aliphatic heterocycles. The fourth-order valence-corrected chi connectivity index (χ4v) is 5.78. The predicted molar refractivity (Wildman–Crippen MR) is 242 cm³/mol. The topological polar surface area (TPSA) is 61.8 Å². The van der Waals surface area contributed by atoms with Crippen molar-refractivity contribution in [3.63, 3.8) is 0 Å². The van der Waals surface area contributed by atoms with Gasteiger partial charge in [0.2, 0.25) is 0 Å². The molecule has 5 nitrogen and oxygen atoms in total. The van der Waals surface area contributed by atoms with Crippen molar-refractivity contribution < 1.29 is 23.8 Å². The van der Waals surface area contributed by atoms with Crippen LogP contribution in [0.3, 0.4) is 0 Å². The number of hydrogen-bond acceptors (Lipinski definition) is 5. The van der Waals surface area contributed by atoms with Crippen molar-refractivity contribution in [3.8, 4) is 0 Å². The zero-order valence-corrected chi connectivity index (χ0v) is 36.4. The molecule has 5 heteroatoms. The summed E-state index contributed by atoms with van der Waals surface area (Å²) >= 11 is 0. The number of esters is 2. The fraction of sp³-hybridized carbons (Fsp3) is 0.647. The van der Waals surface area contributed by atoms with Gasteiger partial charge >= 0.3 is 11.9 Å². The molecular formula is C51H84O5. The zero-order chi connectivity index (χ0) is 40.7. The van der Waals surface area contributed by atoms with Gasteiger partial charge in [0.1, 0.15) is 6.61 Å². The van der Waals surface area contributed by atoms with Crippen molar-refractivity contribution in [3.05, 3.63) is 97.2 Å². The van der Waals surface area contributed by atoms with E-state index >= 15 is 0 Å². The molecule has 0 fully saturated rings. The van der Waals surface area contributed by atoms with Crippen LogP contribution in [-0.2, 0) is 23.8 Å². The van der Waals surface area contributed by atoms with Crippen LogP contribution in [-0.4, -0.2) is 37.9 Å². The summed E-state index contributed by atoms with van der Waals surface area (Å²) < 4.78 is 17.2. The van der Waals surface area contributed by atoms with Gasteiger partial charge in [0.05, 0.1) is 6.61 Å². The van der Waals surface area contributed by atoms with E-state index < -0.39 is 6.10 Å². The molecule has 1 unspecified atom stereocenters. The van der Waals surface area contributed by atoms with Gasteiger partial charge in [-0.25, -0.2) is 0 Å². The Morgan fingerprint density at radius 3 is 1.32 bits per heavy atom. The number of carbonyl (C=O) groups excluding carboxylic acids is 2. The van der Waals surface area contributed by atoms with E-state index in [1.54, 1.807) is 0 Å². The summed E-state index contributed by atoms with van der Waals surface area (Å²) in [5.41, 5.74) is 0. The predicted octanol–water partition coefficient (Wildman–Crippen LogP) is 15.1. The largest absolute Gasteiger partial charge is 0.462 e. The summed E-state index contributed by atoms with van der Waals surface area (Å²) in [6.07, 6.45) is 61.4. The molecule has 0 aromatic heterocycles. The van der Waals surface area contributed by atoms with Gasteiger partial charge in [-0.05, 0) is 96.3 Å². The van der Waals surface area contributed by atoms with E-state index in [4.69, 9.17) is 14.2 Å². The minimum absolute atomic E-state index is 0.0513. The maximum absolute atomic E-state index is 12.6. The van der Waals surface area contributed by atoms with E-state index in [2.05, 4.69) is 118 Å². The number of carbonyl (C=O) groups is 2. The van der Waals surface area contributed by atoms with Crippen LogP contribution < -0.4 is 0 Å². The number of rotatable bonds is 40. The molecule has 0 N–H and O–H groups in total. The van der Waals surface area contributed by atoms with Gasteiger partial charge < -0.3 is 14.2 Å². The third kappa shape index (κ3) is 43.5. The summed E-state index contributed by atoms with van der Waals surface area (Å²) in [4.78, 5) is 25.1. The number of unbranched alkanes of at least 4 members (excludes halogenated alkanes) is 13. The Morgan fingerprint density at radius 2 is 0.804 bits per heavy atom. The SMILES string of the molecule is CC/C=C\C/C=C\C/C=C\C/C=C\CCCCCCCOCC(COC(=O)CCCC/C=C\C/C=C\C/C=C\C/C=C\CC)OC(=O)CCCCCCCCC. The molecule has 0 bridgehead atoms. The minimum atomic E-state index is -0.563. The van der Waals surface area contributed by atoms with Crippen molar-refractivity contribution >= 4 is 11.9 Å². The van der Waals surface area contributed by atoms with Crippen LogP contribution in [0, 0.1) is 0 Å². The molecule has 0 aromatic rings. The molecule has 0 radical (unpaired) electrons. The summed E-state index contributed by atoms with van der Waals surface area (Å²) in [6.45, 7) is 7.46. The Morgan fingerprint density at radius 1 is 0.411 bits per heavy atom. The Kier molecular flexibility index (Phi) is 43.6. The summed E-state index contributed by atoms with van der Waals surface area (Å²) in [6, 6.07) is 0. The second-order valence-electron chi connectivity index (χ2n) is 14.5. The van der Waals surface area contributed by atoms with Gasteiger partial charge in [-0.1, -0.05) is 176 Å². The first kappa shape index (κ1) is 52.8. The average molecular weight is 777 g/mol. The Balaban J connectivity index is 4.27. The second kappa shape index (κ2) is 46.2. The molecule has 0 spiro atoms. The first-order valence-corrected chi connectivity index (χ1v) is 22.8. The Bertz CT molecular complexity index is 1110. The fourth-order valence-electron chi connectivity index (χ4n) is 5.78. The van der Waals surface area contributed by atoms with Crippen molar-refractivity contribution in [2.45, 2.75) is 194 Å². The van der Waals surface area contributed by atoms with Crippen molar-refractivity contribution in [1.29, 1.82) is 0 Å². The van der Waals surface area contributed by atoms with Gasteiger partial charge in [-0.15, -0.1) is 0 Å². The van der Waals surface area contributed by atoms with Crippen LogP contribution in [0.1, 0.15) is 188 Å². The molecule has 0 aromatic carbocycles. The second-order valence-corrected chi connectivity index (χ2v) is 14.5. The molecule has 0 saturated carbocycles. The normalized spacial score (nSPS) is 13.1. The van der Waals surface area contributed by atoms with Crippen LogP contribution in [0.4, 0.5) is 0 Å². The highest BCUT2D eigenvalue weighted by Gasteiger charge is 2.17. The van der Waals surface area contributed by atoms with Crippen LogP contribution in [0.25, 0.3) is 0 Å². The minimum Gasteiger partial charge on any atom is -0.462 e. The standard InChI is InChI=1S/C51H84O5/c1-4-7-10-13-16-18-20-22-24-25-26-28-30-32-34-37-40-43-46-54-47-49(56-51(53)45-42-39-35-15-12-9-6-3)48-55-50(52)44-41-38-36-33-31-29-27-23-21-19-17-14-11-8-5-2/h7-8,10-11,16-19,22-24,26-28,31,33,49H,4-6,9,12-15,20-21,25,29-30,32,34-48H2,1-3H3/b10-7-,11-8-,18-16-,19-17-,24-22-,27-23-,28-26-,33-31-. The van der Waals surface area contributed by atoms with Crippen molar-refractivity contribution in [2.24, 2.45) is 0 Å². The lowest BCUT2D eigenvalue weighted by molar-refractivity contribution is -0.163. The van der Waals surface area contributed by atoms with Crippen LogP contribution >= 0.6 is 0 Å². The zero-order valence-electron chi connectivity index (χ0n) is 36.4. The van der Waals surface area contributed by atoms with Crippen LogP contribution in [0.2, 0.25) is 0 Å². The van der Waals surface area contributed by atoms with Gasteiger partial charge in [0, 0.05) is 19.4 Å². The maximum atomic E-state index is 12.6. The average Bonchev–Trinajstić information content (AvgIpc) is 3.20. The van der Waals surface area contributed by atoms with Gasteiger partial charge in [-0.2, -0.15) is 0 Å². The highest BCUT2D eigenvalue weighted by molar-refractivity contribution is 5.70. The summed E-state index contributed by atoms with van der Waals surface area (Å²) in [5.74, 6) is -0.469.